The van der Waals surface area contributed by atoms with Gasteiger partial charge in [-0.15, -0.1) is 11.3 Å². The van der Waals surface area contributed by atoms with Crippen molar-refractivity contribution in [2.45, 2.75) is 53.4 Å². The van der Waals surface area contributed by atoms with Crippen molar-refractivity contribution in [3.05, 3.63) is 50.0 Å². The van der Waals surface area contributed by atoms with Crippen molar-refractivity contribution in [2.24, 2.45) is 5.92 Å². The number of hydrogen-bond donors (Lipinski definition) is 1. The van der Waals surface area contributed by atoms with Crippen molar-refractivity contribution in [1.29, 1.82) is 0 Å². The summed E-state index contributed by atoms with van der Waals surface area (Å²) in [5, 5.41) is 3.69. The van der Waals surface area contributed by atoms with E-state index in [1.54, 1.807) is 0 Å². The first kappa shape index (κ1) is 20.4. The maximum absolute atomic E-state index is 13.0. The van der Waals surface area contributed by atoms with Gasteiger partial charge in [0.2, 0.25) is 0 Å². The topological polar surface area (TPSA) is 76.1 Å². The van der Waals surface area contributed by atoms with Gasteiger partial charge in [0.15, 0.2) is 5.78 Å². The molecule has 1 saturated carbocycles. The van der Waals surface area contributed by atoms with Crippen molar-refractivity contribution >= 4 is 28.8 Å². The van der Waals surface area contributed by atoms with Gasteiger partial charge in [-0.1, -0.05) is 17.7 Å². The first-order valence-electron chi connectivity index (χ1n) is 9.55. The molecule has 0 radical (unpaired) electrons. The van der Waals surface area contributed by atoms with E-state index in [0.717, 1.165) is 32.1 Å². The molecule has 1 amide bonds. The molecule has 5 nitrogen and oxygen atoms in total. The van der Waals surface area contributed by atoms with Gasteiger partial charge in [-0.05, 0) is 57.7 Å². The summed E-state index contributed by atoms with van der Waals surface area (Å²) in [5.74, 6) is -1.25. The lowest BCUT2D eigenvalue weighted by Gasteiger charge is -2.16. The zero-order valence-corrected chi connectivity index (χ0v) is 17.8. The Morgan fingerprint density at radius 1 is 1.14 bits per heavy atom. The molecule has 0 aliphatic heterocycles. The van der Waals surface area contributed by atoms with Gasteiger partial charge in [0.1, 0.15) is 17.4 Å². The van der Waals surface area contributed by atoms with Crippen LogP contribution >= 0.6 is 11.3 Å². The highest BCUT2D eigenvalue weighted by Gasteiger charge is 2.42. The van der Waals surface area contributed by atoms with Crippen LogP contribution in [-0.2, 0) is 9.59 Å². The quantitative estimate of drug-likeness (QED) is 0.779. The summed E-state index contributed by atoms with van der Waals surface area (Å²) in [6.07, 6.45) is 0.722. The molecule has 28 heavy (non-hydrogen) atoms. The maximum Gasteiger partial charge on any atom is 0.271 e. The highest BCUT2D eigenvalue weighted by molar-refractivity contribution is 7.11. The fraction of sp³-hybridized carbons (Fsp3) is 0.455. The number of nitrogens with one attached hydrogen (secondary N) is 1. The summed E-state index contributed by atoms with van der Waals surface area (Å²) in [4.78, 5) is 43.0. The van der Waals surface area contributed by atoms with E-state index >= 15 is 0 Å². The van der Waals surface area contributed by atoms with Crippen molar-refractivity contribution in [2.75, 3.05) is 6.54 Å². The Bertz CT molecular complexity index is 938. The Balaban J connectivity index is 1.66. The number of carbonyl (C=O) groups is 3. The van der Waals surface area contributed by atoms with Crippen LogP contribution in [-0.4, -0.2) is 29.0 Å². The summed E-state index contributed by atoms with van der Waals surface area (Å²) in [6.45, 7) is 10.0. The van der Waals surface area contributed by atoms with Gasteiger partial charge in [-0.2, -0.15) is 0 Å². The number of benzene rings is 1. The van der Waals surface area contributed by atoms with Crippen LogP contribution in [0.2, 0.25) is 0 Å². The van der Waals surface area contributed by atoms with Crippen LogP contribution < -0.4 is 5.32 Å². The lowest BCUT2D eigenvalue weighted by atomic mass is 9.86. The molecule has 2 atom stereocenters. The standard InChI is InChI=1S/C22H26N2O3S/c1-11-8-12(2)18(13(3)9-11)19-17(25)10-16(21(19)26)6-7-23-22(27)20-14(4)28-15(5)24-20/h8-9,16,19H,6-7,10H2,1-5H3,(H,23,27). The Labute approximate surface area is 169 Å². The summed E-state index contributed by atoms with van der Waals surface area (Å²) in [5.41, 5.74) is 4.42. The number of rotatable bonds is 5. The molecule has 1 aliphatic rings. The first-order valence-corrected chi connectivity index (χ1v) is 10.4. The number of amides is 1. The van der Waals surface area contributed by atoms with Crippen molar-refractivity contribution in [3.8, 4) is 0 Å². The van der Waals surface area contributed by atoms with Crippen LogP contribution in [0.5, 0.6) is 0 Å². The molecule has 0 bridgehead atoms. The number of nitrogens with zero attached hydrogens (tertiary/aromatic N) is 1. The number of hydrogen-bond acceptors (Lipinski definition) is 5. The summed E-state index contributed by atoms with van der Waals surface area (Å²) in [6, 6.07) is 4.04. The smallest absolute Gasteiger partial charge is 0.271 e. The van der Waals surface area contributed by atoms with Crippen LogP contribution in [0.3, 0.4) is 0 Å². The van der Waals surface area contributed by atoms with Crippen molar-refractivity contribution in [1.82, 2.24) is 10.3 Å². The first-order chi connectivity index (χ1) is 13.2. The number of thiazole rings is 1. The molecule has 1 aromatic heterocycles. The van der Waals surface area contributed by atoms with Crippen LogP contribution in [0, 0.1) is 40.5 Å². The molecule has 2 unspecified atom stereocenters. The lowest BCUT2D eigenvalue weighted by Crippen LogP contribution is -2.28. The second-order valence-electron chi connectivity index (χ2n) is 7.70. The summed E-state index contributed by atoms with van der Waals surface area (Å²) in [7, 11) is 0. The highest BCUT2D eigenvalue weighted by Crippen LogP contribution is 2.37. The third-order valence-electron chi connectivity index (χ3n) is 5.38. The van der Waals surface area contributed by atoms with Crippen molar-refractivity contribution in [3.63, 3.8) is 0 Å². The average molecular weight is 399 g/mol. The number of aromatic nitrogens is 1. The Morgan fingerprint density at radius 2 is 1.79 bits per heavy atom. The second-order valence-corrected chi connectivity index (χ2v) is 9.10. The minimum absolute atomic E-state index is 0.0117. The third kappa shape index (κ3) is 3.92. The summed E-state index contributed by atoms with van der Waals surface area (Å²) >= 11 is 1.49. The molecule has 2 aromatic rings. The lowest BCUT2D eigenvalue weighted by molar-refractivity contribution is -0.124. The second kappa shape index (κ2) is 7.95. The van der Waals surface area contributed by atoms with Crippen LogP contribution in [0.4, 0.5) is 0 Å². The number of aryl methyl sites for hydroxylation is 5. The largest absolute Gasteiger partial charge is 0.351 e. The zero-order valence-electron chi connectivity index (χ0n) is 17.0. The minimum Gasteiger partial charge on any atom is -0.351 e. The van der Waals surface area contributed by atoms with Gasteiger partial charge in [-0.3, -0.25) is 14.4 Å². The van der Waals surface area contributed by atoms with E-state index in [1.165, 1.54) is 11.3 Å². The average Bonchev–Trinajstić information content (AvgIpc) is 3.07. The van der Waals surface area contributed by atoms with E-state index in [-0.39, 0.29) is 29.8 Å². The molecule has 1 fully saturated rings. The van der Waals surface area contributed by atoms with Gasteiger partial charge >= 0.3 is 0 Å². The van der Waals surface area contributed by atoms with E-state index in [0.29, 0.717) is 18.7 Å². The van der Waals surface area contributed by atoms with Gasteiger partial charge in [0.25, 0.3) is 5.91 Å². The fourth-order valence-electron chi connectivity index (χ4n) is 4.23. The number of Topliss-reactive ketones (excluding diaryl/α,β-unsaturated/α-hetero) is 2. The molecule has 1 aliphatic carbocycles. The zero-order chi connectivity index (χ0) is 20.6. The maximum atomic E-state index is 13.0. The molecular formula is C22H26N2O3S. The number of ketones is 2. The molecule has 1 aromatic carbocycles. The molecule has 3 rings (SSSR count). The van der Waals surface area contributed by atoms with Gasteiger partial charge in [0.05, 0.1) is 5.01 Å². The predicted molar refractivity (Wildman–Crippen MR) is 110 cm³/mol. The minimum atomic E-state index is -0.662. The van der Waals surface area contributed by atoms with Crippen LogP contribution in [0.25, 0.3) is 0 Å². The van der Waals surface area contributed by atoms with Gasteiger partial charge < -0.3 is 5.32 Å². The van der Waals surface area contributed by atoms with E-state index in [9.17, 15) is 14.4 Å². The molecule has 148 valence electrons. The Hall–Kier alpha value is -2.34. The molecule has 1 heterocycles. The fourth-order valence-corrected chi connectivity index (χ4v) is 5.05. The summed E-state index contributed by atoms with van der Waals surface area (Å²) < 4.78 is 0. The molecular weight excluding hydrogens is 372 g/mol. The third-order valence-corrected chi connectivity index (χ3v) is 6.27. The van der Waals surface area contributed by atoms with E-state index in [2.05, 4.69) is 10.3 Å². The van der Waals surface area contributed by atoms with Gasteiger partial charge in [-0.25, -0.2) is 4.98 Å². The van der Waals surface area contributed by atoms with Crippen LogP contribution in [0.15, 0.2) is 12.1 Å². The molecule has 0 saturated heterocycles. The van der Waals surface area contributed by atoms with Gasteiger partial charge in [0, 0.05) is 23.8 Å². The highest BCUT2D eigenvalue weighted by atomic mass is 32.1. The van der Waals surface area contributed by atoms with E-state index in [1.807, 2.05) is 46.8 Å². The monoisotopic (exact) mass is 398 g/mol. The van der Waals surface area contributed by atoms with E-state index in [4.69, 9.17) is 0 Å². The van der Waals surface area contributed by atoms with Crippen molar-refractivity contribution < 1.29 is 14.4 Å². The molecule has 0 spiro atoms. The molecule has 1 N–H and O–H groups in total. The Morgan fingerprint density at radius 3 is 2.36 bits per heavy atom. The normalized spacial score (nSPS) is 19.3. The number of carbonyl (C=O) groups excluding carboxylic acids is 3. The SMILES string of the molecule is Cc1cc(C)c(C2C(=O)CC(CCNC(=O)c3nc(C)sc3C)C2=O)c(C)c1. The predicted octanol–water partition coefficient (Wildman–Crippen LogP) is 3.75. The Kier molecular flexibility index (Phi) is 5.79. The van der Waals surface area contributed by atoms with Crippen LogP contribution in [0.1, 0.15) is 61.4 Å². The van der Waals surface area contributed by atoms with E-state index < -0.39 is 5.92 Å². The molecule has 6 heteroatoms.